The zero-order valence-corrected chi connectivity index (χ0v) is 23.6. The Morgan fingerprint density at radius 2 is 0.857 bits per heavy atom. The van der Waals surface area contributed by atoms with Gasteiger partial charge in [0.15, 0.2) is 0 Å². The van der Waals surface area contributed by atoms with Crippen molar-refractivity contribution in [2.75, 3.05) is 23.9 Å². The lowest BCUT2D eigenvalue weighted by Gasteiger charge is -2.41. The lowest BCUT2D eigenvalue weighted by Crippen LogP contribution is -2.29. The van der Waals surface area contributed by atoms with Crippen molar-refractivity contribution in [2.24, 2.45) is 0 Å². The molecule has 0 radical (unpaired) electrons. The SMILES string of the molecule is CN1C=C(c2ccc3ccccc3n2)C(C2C(c3ccc4ccccc4n3)=CN(C)c3ccccc32)c2ccccc21. The van der Waals surface area contributed by atoms with Gasteiger partial charge < -0.3 is 9.80 Å². The second kappa shape index (κ2) is 9.71. The number of rotatable bonds is 3. The van der Waals surface area contributed by atoms with Gasteiger partial charge in [-0.2, -0.15) is 0 Å². The number of allylic oxidation sites excluding steroid dienone is 2. The normalized spacial score (nSPS) is 18.0. The highest BCUT2D eigenvalue weighted by Crippen LogP contribution is 2.56. The van der Waals surface area contributed by atoms with E-state index in [-0.39, 0.29) is 11.8 Å². The van der Waals surface area contributed by atoms with Gasteiger partial charge in [-0.25, -0.2) is 9.97 Å². The number of aromatic nitrogens is 2. The Labute approximate surface area is 245 Å². The summed E-state index contributed by atoms with van der Waals surface area (Å²) in [5.74, 6) is 0.0564. The van der Waals surface area contributed by atoms with E-state index in [2.05, 4.69) is 158 Å². The quantitative estimate of drug-likeness (QED) is 0.224. The van der Waals surface area contributed by atoms with Crippen molar-refractivity contribution in [1.29, 1.82) is 0 Å². The molecule has 2 aliphatic rings. The molecular weight excluding hydrogens is 512 g/mol. The Bertz CT molecular complexity index is 1910. The van der Waals surface area contributed by atoms with Crippen LogP contribution in [0.4, 0.5) is 11.4 Å². The van der Waals surface area contributed by atoms with Crippen LogP contribution in [0.1, 0.15) is 34.4 Å². The molecule has 2 aliphatic heterocycles. The number of hydrogen-bond acceptors (Lipinski definition) is 4. The van der Waals surface area contributed by atoms with Gasteiger partial charge in [0.25, 0.3) is 0 Å². The van der Waals surface area contributed by atoms with E-state index in [0.29, 0.717) is 0 Å². The van der Waals surface area contributed by atoms with Crippen LogP contribution in [-0.2, 0) is 0 Å². The molecule has 0 aliphatic carbocycles. The van der Waals surface area contributed by atoms with Crippen molar-refractivity contribution < 1.29 is 0 Å². The Morgan fingerprint density at radius 3 is 1.33 bits per heavy atom. The van der Waals surface area contributed by atoms with E-state index in [0.717, 1.165) is 33.2 Å². The summed E-state index contributed by atoms with van der Waals surface area (Å²) < 4.78 is 0. The maximum absolute atomic E-state index is 5.22. The Morgan fingerprint density at radius 1 is 0.452 bits per heavy atom. The minimum atomic E-state index is 0.0282. The minimum Gasteiger partial charge on any atom is -0.350 e. The number of para-hydroxylation sites is 4. The maximum atomic E-state index is 5.22. The second-order valence-corrected chi connectivity index (χ2v) is 11.2. The van der Waals surface area contributed by atoms with E-state index >= 15 is 0 Å². The fourth-order valence-corrected chi connectivity index (χ4v) is 6.82. The van der Waals surface area contributed by atoms with Crippen molar-refractivity contribution in [3.8, 4) is 0 Å². The average molecular weight is 543 g/mol. The van der Waals surface area contributed by atoms with Crippen LogP contribution in [0.5, 0.6) is 0 Å². The van der Waals surface area contributed by atoms with Gasteiger partial charge in [-0.05, 0) is 47.5 Å². The van der Waals surface area contributed by atoms with Crippen LogP contribution in [0, 0.1) is 0 Å². The maximum Gasteiger partial charge on any atom is 0.0709 e. The number of hydrogen-bond donors (Lipinski definition) is 0. The molecule has 0 spiro atoms. The summed E-state index contributed by atoms with van der Waals surface area (Å²) in [5.41, 5.74) is 11.5. The third-order valence-corrected chi connectivity index (χ3v) is 8.76. The zero-order valence-electron chi connectivity index (χ0n) is 23.6. The molecule has 4 aromatic carbocycles. The largest absolute Gasteiger partial charge is 0.350 e. The molecular formula is C38H30N4. The Kier molecular flexibility index (Phi) is 5.68. The van der Waals surface area contributed by atoms with E-state index in [1.54, 1.807) is 0 Å². The highest BCUT2D eigenvalue weighted by molar-refractivity contribution is 5.91. The van der Waals surface area contributed by atoms with Crippen LogP contribution in [0.25, 0.3) is 33.0 Å². The van der Waals surface area contributed by atoms with Crippen LogP contribution in [0.3, 0.4) is 0 Å². The van der Waals surface area contributed by atoms with Crippen molar-refractivity contribution in [3.63, 3.8) is 0 Å². The van der Waals surface area contributed by atoms with E-state index in [9.17, 15) is 0 Å². The smallest absolute Gasteiger partial charge is 0.0709 e. The predicted octanol–water partition coefficient (Wildman–Crippen LogP) is 8.63. The van der Waals surface area contributed by atoms with Gasteiger partial charge in [0, 0.05) is 71.6 Å². The second-order valence-electron chi connectivity index (χ2n) is 11.2. The molecule has 202 valence electrons. The Balaban J connectivity index is 1.39. The van der Waals surface area contributed by atoms with Gasteiger partial charge in [-0.15, -0.1) is 0 Å². The van der Waals surface area contributed by atoms with Gasteiger partial charge in [0.05, 0.1) is 22.4 Å². The monoisotopic (exact) mass is 542 g/mol. The third-order valence-electron chi connectivity index (χ3n) is 8.76. The summed E-state index contributed by atoms with van der Waals surface area (Å²) >= 11 is 0. The van der Waals surface area contributed by atoms with E-state index < -0.39 is 0 Å². The van der Waals surface area contributed by atoms with Gasteiger partial charge in [0.1, 0.15) is 0 Å². The molecule has 4 heteroatoms. The molecule has 8 rings (SSSR count). The van der Waals surface area contributed by atoms with E-state index in [1.807, 2.05) is 0 Å². The van der Waals surface area contributed by atoms with Gasteiger partial charge in [0.2, 0.25) is 0 Å². The van der Waals surface area contributed by atoms with Crippen molar-refractivity contribution in [2.45, 2.75) is 11.8 Å². The molecule has 42 heavy (non-hydrogen) atoms. The summed E-state index contributed by atoms with van der Waals surface area (Å²) in [6.07, 6.45) is 4.58. The molecule has 4 heterocycles. The molecule has 4 nitrogen and oxygen atoms in total. The highest BCUT2D eigenvalue weighted by Gasteiger charge is 2.40. The van der Waals surface area contributed by atoms with E-state index in [1.165, 1.54) is 33.6 Å². The molecule has 0 fully saturated rings. The van der Waals surface area contributed by atoms with Gasteiger partial charge >= 0.3 is 0 Å². The molecule has 0 N–H and O–H groups in total. The molecule has 0 bridgehead atoms. The molecule has 6 aromatic rings. The molecule has 0 saturated heterocycles. The molecule has 2 aromatic heterocycles. The molecule has 0 saturated carbocycles. The number of benzene rings is 4. The first kappa shape index (κ1) is 24.6. The number of anilines is 2. The third kappa shape index (κ3) is 3.91. The van der Waals surface area contributed by atoms with E-state index in [4.69, 9.17) is 9.97 Å². The summed E-state index contributed by atoms with van der Waals surface area (Å²) in [5, 5.41) is 2.29. The van der Waals surface area contributed by atoms with Crippen LogP contribution < -0.4 is 9.80 Å². The zero-order chi connectivity index (χ0) is 28.2. The first-order valence-electron chi connectivity index (χ1n) is 14.4. The topological polar surface area (TPSA) is 32.3 Å². The fraction of sp³-hybridized carbons (Fsp3) is 0.105. The standard InChI is InChI=1S/C38H30N4/c1-41-23-29(33-21-19-25-11-3-7-15-31(25)39-33)37(27-13-5-9-17-35(27)41)38-28-14-6-10-18-36(28)42(2)24-30(38)34-22-20-26-12-4-8-16-32(26)40-34/h3-24,37-38H,1-2H3. The summed E-state index contributed by atoms with van der Waals surface area (Å²) in [7, 11) is 4.28. The molecule has 2 atom stereocenters. The minimum absolute atomic E-state index is 0.0282. The summed E-state index contributed by atoms with van der Waals surface area (Å²) in [6.45, 7) is 0. The summed E-state index contributed by atoms with van der Waals surface area (Å²) in [4.78, 5) is 14.9. The first-order chi connectivity index (χ1) is 20.7. The van der Waals surface area contributed by atoms with Gasteiger partial charge in [-0.3, -0.25) is 0 Å². The van der Waals surface area contributed by atoms with Gasteiger partial charge in [-0.1, -0.05) is 84.9 Å². The van der Waals surface area contributed by atoms with Crippen LogP contribution in [0.15, 0.2) is 134 Å². The van der Waals surface area contributed by atoms with Crippen LogP contribution in [0.2, 0.25) is 0 Å². The van der Waals surface area contributed by atoms with Crippen LogP contribution in [-0.4, -0.2) is 24.1 Å². The Hall–Kier alpha value is -5.22. The molecule has 0 amide bonds. The highest BCUT2D eigenvalue weighted by atomic mass is 15.1. The first-order valence-corrected chi connectivity index (χ1v) is 14.4. The van der Waals surface area contributed by atoms with Crippen molar-refractivity contribution in [3.05, 3.63) is 156 Å². The van der Waals surface area contributed by atoms with Crippen molar-refractivity contribution >= 4 is 44.3 Å². The average Bonchev–Trinajstić information content (AvgIpc) is 3.05. The lowest BCUT2D eigenvalue weighted by molar-refractivity contribution is 0.740. The van der Waals surface area contributed by atoms with Crippen LogP contribution >= 0.6 is 0 Å². The molecule has 2 unspecified atom stereocenters. The number of pyridine rings is 2. The number of nitrogens with zero attached hydrogens (tertiary/aromatic N) is 4. The van der Waals surface area contributed by atoms with Crippen molar-refractivity contribution in [1.82, 2.24) is 9.97 Å². The fourth-order valence-electron chi connectivity index (χ4n) is 6.82. The lowest BCUT2D eigenvalue weighted by atomic mass is 9.69. The predicted molar refractivity (Wildman–Crippen MR) is 175 cm³/mol. The number of fused-ring (bicyclic) bond motifs is 4. The summed E-state index contributed by atoms with van der Waals surface area (Å²) in [6, 6.07) is 43.1.